The Balaban J connectivity index is 0.00000220. The predicted molar refractivity (Wildman–Crippen MR) is 95.2 cm³/mol. The van der Waals surface area contributed by atoms with Gasteiger partial charge in [-0.1, -0.05) is 0 Å². The first-order valence-corrected chi connectivity index (χ1v) is 7.88. The van der Waals surface area contributed by atoms with Gasteiger partial charge in [0.05, 0.1) is 12.1 Å². The first-order chi connectivity index (χ1) is 9.61. The molecule has 1 aromatic rings. The Kier molecular flexibility index (Phi) is 10.2. The van der Waals surface area contributed by atoms with Crippen molar-refractivity contribution in [2.24, 2.45) is 5.73 Å². The molecule has 1 fully saturated rings. The number of hydrogen-bond donors (Lipinski definition) is 2. The van der Waals surface area contributed by atoms with Crippen LogP contribution in [-0.2, 0) is 9.53 Å². The van der Waals surface area contributed by atoms with Crippen LogP contribution in [0.25, 0.3) is 0 Å². The Hall–Kier alpha value is -0.370. The maximum absolute atomic E-state index is 12.1. The number of nitrogens with two attached hydrogens (primary N) is 1. The molecule has 2 heterocycles. The summed E-state index contributed by atoms with van der Waals surface area (Å²) in [5.41, 5.74) is 6.79. The van der Waals surface area contributed by atoms with Crippen LogP contribution in [-0.4, -0.2) is 50.2 Å². The van der Waals surface area contributed by atoms with Crippen LogP contribution in [0.4, 0.5) is 0 Å². The molecule has 5 nitrogen and oxygen atoms in total. The number of carbonyl (C=O) groups excluding carboxylic acids is 1. The van der Waals surface area contributed by atoms with Crippen LogP contribution in [0.15, 0.2) is 16.8 Å². The number of nitrogens with one attached hydrogen (secondary N) is 1. The molecule has 128 valence electrons. The van der Waals surface area contributed by atoms with Gasteiger partial charge in [0, 0.05) is 13.1 Å². The third-order valence-corrected chi connectivity index (χ3v) is 4.39. The lowest BCUT2D eigenvalue weighted by Crippen LogP contribution is -2.40. The number of nitrogens with zero attached hydrogens (tertiary/aromatic N) is 1. The summed E-state index contributed by atoms with van der Waals surface area (Å²) in [5.74, 6) is -0.0250. The van der Waals surface area contributed by atoms with Crippen molar-refractivity contribution in [2.75, 3.05) is 27.2 Å². The molecular formula is C14H25Cl2N3O2S. The number of thiophene rings is 1. The monoisotopic (exact) mass is 369 g/mol. The van der Waals surface area contributed by atoms with E-state index in [1.165, 1.54) is 5.56 Å². The zero-order chi connectivity index (χ0) is 14.5. The molecule has 0 spiro atoms. The van der Waals surface area contributed by atoms with E-state index in [2.05, 4.69) is 27.0 Å². The Morgan fingerprint density at radius 3 is 2.73 bits per heavy atom. The van der Waals surface area contributed by atoms with Gasteiger partial charge in [0.25, 0.3) is 0 Å². The van der Waals surface area contributed by atoms with Crippen molar-refractivity contribution < 1.29 is 9.53 Å². The fourth-order valence-electron chi connectivity index (χ4n) is 2.45. The van der Waals surface area contributed by atoms with Gasteiger partial charge in [-0.2, -0.15) is 11.3 Å². The molecule has 1 amide bonds. The standard InChI is InChI=1S/C14H23N3O2S.2ClH/c1-17(2)12(10-5-6-20-9-10)8-16-14(18)13-4-3-11(7-15)19-13;;/h5-6,9,11-13H,3-4,7-8,15H2,1-2H3,(H,16,18);2*1H/t11-,12?,13+;;/m1../s1. The number of hydrogen-bond acceptors (Lipinski definition) is 5. The first kappa shape index (κ1) is 21.6. The number of amides is 1. The van der Waals surface area contributed by atoms with Crippen LogP contribution in [0.2, 0.25) is 0 Å². The molecule has 0 aliphatic carbocycles. The molecule has 0 radical (unpaired) electrons. The maximum Gasteiger partial charge on any atom is 0.249 e. The highest BCUT2D eigenvalue weighted by atomic mass is 35.5. The normalized spacial score (nSPS) is 21.8. The molecule has 2 rings (SSSR count). The second-order valence-electron chi connectivity index (χ2n) is 5.34. The van der Waals surface area contributed by atoms with Crippen molar-refractivity contribution in [1.82, 2.24) is 10.2 Å². The topological polar surface area (TPSA) is 67.6 Å². The molecule has 0 saturated carbocycles. The van der Waals surface area contributed by atoms with Gasteiger partial charge in [0.2, 0.25) is 5.91 Å². The van der Waals surface area contributed by atoms with Crippen LogP contribution >= 0.6 is 36.2 Å². The zero-order valence-corrected chi connectivity index (χ0v) is 15.3. The van der Waals surface area contributed by atoms with Gasteiger partial charge in [-0.05, 0) is 49.3 Å². The second-order valence-corrected chi connectivity index (χ2v) is 6.12. The SMILES string of the molecule is CN(C)C(CNC(=O)[C@@H]1CC[C@H](CN)O1)c1ccsc1.Cl.Cl. The number of ether oxygens (including phenoxy) is 1. The van der Waals surface area contributed by atoms with Gasteiger partial charge in [-0.15, -0.1) is 24.8 Å². The van der Waals surface area contributed by atoms with Gasteiger partial charge in [0.1, 0.15) is 6.10 Å². The first-order valence-electron chi connectivity index (χ1n) is 6.93. The lowest BCUT2D eigenvalue weighted by atomic mass is 10.1. The van der Waals surface area contributed by atoms with E-state index in [9.17, 15) is 4.79 Å². The average molecular weight is 370 g/mol. The van der Waals surface area contributed by atoms with E-state index in [1.54, 1.807) is 11.3 Å². The van der Waals surface area contributed by atoms with E-state index in [0.717, 1.165) is 12.8 Å². The van der Waals surface area contributed by atoms with Crippen molar-refractivity contribution >= 4 is 42.1 Å². The number of carbonyl (C=O) groups is 1. The Morgan fingerprint density at radius 1 is 1.50 bits per heavy atom. The third-order valence-electron chi connectivity index (χ3n) is 3.68. The minimum absolute atomic E-state index is 0. The van der Waals surface area contributed by atoms with Gasteiger partial charge >= 0.3 is 0 Å². The van der Waals surface area contributed by atoms with Crippen LogP contribution in [0.5, 0.6) is 0 Å². The van der Waals surface area contributed by atoms with Crippen LogP contribution in [0.3, 0.4) is 0 Å². The van der Waals surface area contributed by atoms with Crippen molar-refractivity contribution in [1.29, 1.82) is 0 Å². The molecular weight excluding hydrogens is 345 g/mol. The molecule has 1 unspecified atom stereocenters. The quantitative estimate of drug-likeness (QED) is 0.802. The van der Waals surface area contributed by atoms with Crippen LogP contribution < -0.4 is 11.1 Å². The van der Waals surface area contributed by atoms with Crippen molar-refractivity contribution in [3.05, 3.63) is 22.4 Å². The Bertz CT molecular complexity index is 432. The summed E-state index contributed by atoms with van der Waals surface area (Å²) in [6.45, 7) is 1.08. The number of likely N-dealkylation sites (N-methyl/N-ethyl adjacent to an activating group) is 1. The summed E-state index contributed by atoms with van der Waals surface area (Å²) in [6.07, 6.45) is 1.33. The van der Waals surface area contributed by atoms with E-state index in [1.807, 2.05) is 14.1 Å². The largest absolute Gasteiger partial charge is 0.364 e. The van der Waals surface area contributed by atoms with Crippen LogP contribution in [0.1, 0.15) is 24.4 Å². The Labute approximate surface area is 148 Å². The van der Waals surface area contributed by atoms with Gasteiger partial charge < -0.3 is 20.7 Å². The predicted octanol–water partition coefficient (Wildman–Crippen LogP) is 1.82. The highest BCUT2D eigenvalue weighted by Gasteiger charge is 2.30. The molecule has 1 saturated heterocycles. The highest BCUT2D eigenvalue weighted by molar-refractivity contribution is 7.07. The maximum atomic E-state index is 12.1. The van der Waals surface area contributed by atoms with E-state index in [-0.39, 0.29) is 49.0 Å². The smallest absolute Gasteiger partial charge is 0.249 e. The fraction of sp³-hybridized carbons (Fsp3) is 0.643. The van der Waals surface area contributed by atoms with E-state index in [0.29, 0.717) is 13.1 Å². The molecule has 0 aromatic carbocycles. The molecule has 1 aliphatic heterocycles. The van der Waals surface area contributed by atoms with Gasteiger partial charge in [0.15, 0.2) is 0 Å². The second kappa shape index (κ2) is 10.4. The van der Waals surface area contributed by atoms with Gasteiger partial charge in [-0.3, -0.25) is 4.79 Å². The summed E-state index contributed by atoms with van der Waals surface area (Å²) in [5, 5.41) is 7.17. The molecule has 3 atom stereocenters. The Morgan fingerprint density at radius 2 is 2.23 bits per heavy atom. The lowest BCUT2D eigenvalue weighted by Gasteiger charge is -2.24. The molecule has 22 heavy (non-hydrogen) atoms. The van der Waals surface area contributed by atoms with E-state index in [4.69, 9.17) is 10.5 Å². The molecule has 1 aliphatic rings. The number of rotatable bonds is 6. The fourth-order valence-corrected chi connectivity index (χ4v) is 3.15. The summed E-state index contributed by atoms with van der Waals surface area (Å²) in [6, 6.07) is 2.29. The van der Waals surface area contributed by atoms with Crippen molar-refractivity contribution in [2.45, 2.75) is 31.1 Å². The molecule has 1 aromatic heterocycles. The summed E-state index contributed by atoms with van der Waals surface area (Å²) < 4.78 is 5.61. The van der Waals surface area contributed by atoms with E-state index >= 15 is 0 Å². The summed E-state index contributed by atoms with van der Waals surface area (Å²) in [7, 11) is 4.04. The highest BCUT2D eigenvalue weighted by Crippen LogP contribution is 2.21. The van der Waals surface area contributed by atoms with Crippen molar-refractivity contribution in [3.8, 4) is 0 Å². The van der Waals surface area contributed by atoms with Crippen molar-refractivity contribution in [3.63, 3.8) is 0 Å². The summed E-state index contributed by atoms with van der Waals surface area (Å²) >= 11 is 1.67. The molecule has 3 N–H and O–H groups in total. The van der Waals surface area contributed by atoms with E-state index < -0.39 is 0 Å². The third kappa shape index (κ3) is 5.68. The molecule has 8 heteroatoms. The average Bonchev–Trinajstić information content (AvgIpc) is 3.09. The summed E-state index contributed by atoms with van der Waals surface area (Å²) in [4.78, 5) is 14.2. The van der Waals surface area contributed by atoms with Gasteiger partial charge in [-0.25, -0.2) is 0 Å². The minimum Gasteiger partial charge on any atom is -0.364 e. The lowest BCUT2D eigenvalue weighted by molar-refractivity contribution is -0.132. The number of halogens is 2. The minimum atomic E-state index is -0.339. The molecule has 0 bridgehead atoms. The zero-order valence-electron chi connectivity index (χ0n) is 12.9. The van der Waals surface area contributed by atoms with Crippen LogP contribution in [0, 0.1) is 0 Å².